The Balaban J connectivity index is 1.82. The van der Waals surface area contributed by atoms with Gasteiger partial charge in [0, 0.05) is 36.7 Å². The third-order valence-corrected chi connectivity index (χ3v) is 6.77. The first-order valence-electron chi connectivity index (χ1n) is 13.4. The van der Waals surface area contributed by atoms with Crippen LogP contribution in [-0.2, 0) is 19.3 Å². The van der Waals surface area contributed by atoms with Gasteiger partial charge in [-0.15, -0.1) is 0 Å². The van der Waals surface area contributed by atoms with Crippen molar-refractivity contribution < 1.29 is 19.4 Å². The molecule has 206 valence electrons. The second kappa shape index (κ2) is 13.2. The van der Waals surface area contributed by atoms with Crippen LogP contribution in [0.15, 0.2) is 18.2 Å². The highest BCUT2D eigenvalue weighted by molar-refractivity contribution is 5.97. The number of likely N-dealkylation sites (N-methyl/N-ethyl adjacent to an activating group) is 1. The van der Waals surface area contributed by atoms with Gasteiger partial charge in [-0.05, 0) is 55.0 Å². The molecule has 1 aromatic heterocycles. The van der Waals surface area contributed by atoms with Gasteiger partial charge in [0.05, 0.1) is 19.7 Å². The number of carbonyl (C=O) groups is 1. The fourth-order valence-electron chi connectivity index (χ4n) is 4.82. The van der Waals surface area contributed by atoms with Crippen molar-refractivity contribution in [2.24, 2.45) is 0 Å². The number of nitrogen functional groups attached to an aromatic ring is 1. The molecule has 1 amide bonds. The van der Waals surface area contributed by atoms with Gasteiger partial charge in [-0.2, -0.15) is 4.98 Å². The molecule has 0 saturated carbocycles. The molecule has 38 heavy (non-hydrogen) atoms. The van der Waals surface area contributed by atoms with E-state index in [-0.39, 0.29) is 5.91 Å². The second-order valence-electron chi connectivity index (χ2n) is 9.21. The van der Waals surface area contributed by atoms with Gasteiger partial charge in [-0.25, -0.2) is 4.98 Å². The molecule has 0 radical (unpaired) electrons. The number of methoxy groups -OCH3 is 2. The summed E-state index contributed by atoms with van der Waals surface area (Å²) in [7, 11) is 3.14. The van der Waals surface area contributed by atoms with Crippen molar-refractivity contribution in [1.29, 1.82) is 0 Å². The zero-order valence-corrected chi connectivity index (χ0v) is 23.5. The Morgan fingerprint density at radius 2 is 1.68 bits per heavy atom. The third-order valence-electron chi connectivity index (χ3n) is 6.77. The van der Waals surface area contributed by atoms with Crippen LogP contribution in [-0.4, -0.2) is 54.8 Å². The second-order valence-corrected chi connectivity index (χ2v) is 9.21. The van der Waals surface area contributed by atoms with Crippen molar-refractivity contribution in [2.75, 3.05) is 44.5 Å². The van der Waals surface area contributed by atoms with E-state index in [0.29, 0.717) is 71.5 Å². The van der Waals surface area contributed by atoms with Crippen LogP contribution in [0, 0.1) is 0 Å². The highest BCUT2D eigenvalue weighted by Crippen LogP contribution is 2.34. The van der Waals surface area contributed by atoms with Crippen LogP contribution in [0.2, 0.25) is 0 Å². The molecule has 3 rings (SSSR count). The number of nitrogens with zero attached hydrogens (tertiary/aromatic N) is 3. The quantitative estimate of drug-likeness (QED) is 0.296. The lowest BCUT2D eigenvalue weighted by Gasteiger charge is -2.22. The fraction of sp³-hybridized carbons (Fsp3) is 0.483. The smallest absolute Gasteiger partial charge is 0.251 e. The first kappa shape index (κ1) is 28.8. The highest BCUT2D eigenvalue weighted by Gasteiger charge is 2.21. The molecule has 2 aromatic carbocycles. The number of phenolic OH excluding ortho intramolecular Hbond substituents is 1. The summed E-state index contributed by atoms with van der Waals surface area (Å²) in [5.74, 6) is 2.15. The van der Waals surface area contributed by atoms with Crippen LogP contribution in [0.5, 0.6) is 17.2 Å². The number of nitrogens with one attached hydrogen (secondary N) is 1. The molecule has 0 fully saturated rings. The molecule has 0 aliphatic rings. The van der Waals surface area contributed by atoms with Crippen LogP contribution in [0.25, 0.3) is 10.9 Å². The van der Waals surface area contributed by atoms with Crippen molar-refractivity contribution in [3.05, 3.63) is 40.5 Å². The minimum absolute atomic E-state index is 0.136. The van der Waals surface area contributed by atoms with E-state index in [9.17, 15) is 9.90 Å². The maximum Gasteiger partial charge on any atom is 0.251 e. The Kier molecular flexibility index (Phi) is 9.98. The number of nitrogens with two attached hydrogens (primary N) is 1. The standard InChI is InChI=1S/C29H41N5O4/c1-7-11-18-15-21(19(9-3)20(12-8-2)26(18)35)28(36)31-13-14-34(10-4)29-32-23-17-25(38-6)24(37-5)16-22(23)27(30)33-29/h15-17,35H,7-14H2,1-6H3,(H,31,36)(H2,30,32,33). The first-order chi connectivity index (χ1) is 18.3. The number of ether oxygens (including phenoxy) is 2. The number of carbonyl (C=O) groups excluding carboxylic acids is 1. The van der Waals surface area contributed by atoms with Gasteiger partial charge in [0.25, 0.3) is 5.91 Å². The maximum atomic E-state index is 13.3. The van der Waals surface area contributed by atoms with Crippen molar-refractivity contribution in [1.82, 2.24) is 15.3 Å². The Hall–Kier alpha value is -3.75. The first-order valence-corrected chi connectivity index (χ1v) is 13.4. The minimum atomic E-state index is -0.136. The summed E-state index contributed by atoms with van der Waals surface area (Å²) in [6.07, 6.45) is 3.94. The average molecular weight is 524 g/mol. The number of benzene rings is 2. The van der Waals surface area contributed by atoms with Gasteiger partial charge in [0.2, 0.25) is 5.95 Å². The molecule has 0 atom stereocenters. The van der Waals surface area contributed by atoms with Gasteiger partial charge < -0.3 is 30.5 Å². The third kappa shape index (κ3) is 6.03. The summed E-state index contributed by atoms with van der Waals surface area (Å²) in [4.78, 5) is 24.5. The van der Waals surface area contributed by atoms with E-state index in [2.05, 4.69) is 24.1 Å². The van der Waals surface area contributed by atoms with Crippen LogP contribution in [0.3, 0.4) is 0 Å². The molecule has 3 aromatic rings. The summed E-state index contributed by atoms with van der Waals surface area (Å²) in [5.41, 5.74) is 10.2. The maximum absolute atomic E-state index is 13.3. The highest BCUT2D eigenvalue weighted by atomic mass is 16.5. The predicted molar refractivity (Wildman–Crippen MR) is 153 cm³/mol. The molecular formula is C29H41N5O4. The van der Waals surface area contributed by atoms with Gasteiger partial charge in [0.15, 0.2) is 11.5 Å². The Labute approximate surface area is 225 Å². The normalized spacial score (nSPS) is 11.0. The lowest BCUT2D eigenvalue weighted by atomic mass is 9.90. The number of hydrogen-bond acceptors (Lipinski definition) is 8. The molecule has 9 nitrogen and oxygen atoms in total. The van der Waals surface area contributed by atoms with Crippen LogP contribution in [0.1, 0.15) is 67.6 Å². The monoisotopic (exact) mass is 523 g/mol. The van der Waals surface area contributed by atoms with E-state index >= 15 is 0 Å². The number of fused-ring (bicyclic) bond motifs is 1. The Morgan fingerprint density at radius 3 is 2.29 bits per heavy atom. The van der Waals surface area contributed by atoms with E-state index in [1.807, 2.05) is 24.8 Å². The van der Waals surface area contributed by atoms with Crippen molar-refractivity contribution in [3.8, 4) is 17.2 Å². The Morgan fingerprint density at radius 1 is 1.00 bits per heavy atom. The minimum Gasteiger partial charge on any atom is -0.507 e. The number of aryl methyl sites for hydroxylation is 1. The largest absolute Gasteiger partial charge is 0.507 e. The number of aromatic nitrogens is 2. The summed E-state index contributed by atoms with van der Waals surface area (Å²) >= 11 is 0. The Bertz CT molecular complexity index is 1280. The molecule has 9 heteroatoms. The summed E-state index contributed by atoms with van der Waals surface area (Å²) in [5, 5.41) is 14.6. The SMILES string of the molecule is CCCc1cc(C(=O)NCCN(CC)c2nc(N)c3cc(OC)c(OC)cc3n2)c(CC)c(CCC)c1O. The van der Waals surface area contributed by atoms with Crippen molar-refractivity contribution in [3.63, 3.8) is 0 Å². The molecule has 0 aliphatic carbocycles. The van der Waals surface area contributed by atoms with Crippen LogP contribution >= 0.6 is 0 Å². The predicted octanol–water partition coefficient (Wildman–Crippen LogP) is 4.66. The van der Waals surface area contributed by atoms with E-state index in [0.717, 1.165) is 42.4 Å². The van der Waals surface area contributed by atoms with E-state index in [4.69, 9.17) is 20.2 Å². The van der Waals surface area contributed by atoms with Gasteiger partial charge >= 0.3 is 0 Å². The molecule has 4 N–H and O–H groups in total. The van der Waals surface area contributed by atoms with Crippen LogP contribution in [0.4, 0.5) is 11.8 Å². The van der Waals surface area contributed by atoms with E-state index < -0.39 is 0 Å². The number of aromatic hydroxyl groups is 1. The summed E-state index contributed by atoms with van der Waals surface area (Å²) in [6, 6.07) is 5.41. The molecule has 0 saturated heterocycles. The number of hydrogen-bond donors (Lipinski definition) is 3. The van der Waals surface area contributed by atoms with Gasteiger partial charge in [-0.1, -0.05) is 33.6 Å². The molecule has 0 aliphatic heterocycles. The fourth-order valence-corrected chi connectivity index (χ4v) is 4.82. The number of anilines is 2. The van der Waals surface area contributed by atoms with Crippen LogP contribution < -0.4 is 25.4 Å². The summed E-state index contributed by atoms with van der Waals surface area (Å²) < 4.78 is 10.8. The molecule has 0 spiro atoms. The van der Waals surface area contributed by atoms with Gasteiger partial charge in [0.1, 0.15) is 11.6 Å². The lowest BCUT2D eigenvalue weighted by molar-refractivity contribution is 0.0953. The number of rotatable bonds is 13. The molecule has 1 heterocycles. The van der Waals surface area contributed by atoms with E-state index in [1.165, 1.54) is 0 Å². The molecular weight excluding hydrogens is 482 g/mol. The topological polar surface area (TPSA) is 123 Å². The summed E-state index contributed by atoms with van der Waals surface area (Å²) in [6.45, 7) is 9.71. The van der Waals surface area contributed by atoms with Gasteiger partial charge in [-0.3, -0.25) is 4.79 Å². The number of amides is 1. The van der Waals surface area contributed by atoms with E-state index in [1.54, 1.807) is 26.4 Å². The zero-order valence-electron chi connectivity index (χ0n) is 23.5. The zero-order chi connectivity index (χ0) is 27.8. The van der Waals surface area contributed by atoms with Crippen molar-refractivity contribution in [2.45, 2.75) is 59.8 Å². The lowest BCUT2D eigenvalue weighted by Crippen LogP contribution is -2.36. The number of phenols is 1. The molecule has 0 bridgehead atoms. The molecule has 0 unspecified atom stereocenters. The van der Waals surface area contributed by atoms with Crippen molar-refractivity contribution >= 4 is 28.6 Å². The average Bonchev–Trinajstić information content (AvgIpc) is 2.92.